The Morgan fingerprint density at radius 1 is 0.365 bits per heavy atom. The van der Waals surface area contributed by atoms with Crippen molar-refractivity contribution in [1.29, 1.82) is 0 Å². The Balaban J connectivity index is 3.43. The lowest BCUT2D eigenvalue weighted by atomic mass is 10.0. The topological polar surface area (TPSA) is 95.9 Å². The second-order valence-corrected chi connectivity index (χ2v) is 23.2. The van der Waals surface area contributed by atoms with Gasteiger partial charge >= 0.3 is 5.97 Å². The summed E-state index contributed by atoms with van der Waals surface area (Å²) >= 11 is 0. The van der Waals surface area contributed by atoms with Gasteiger partial charge in [-0.05, 0) is 57.8 Å². The Bertz CT molecular complexity index is 1150. The Kier molecular flexibility index (Phi) is 62.4. The number of ether oxygens (including phenoxy) is 1. The van der Waals surface area contributed by atoms with E-state index in [2.05, 4.69) is 31.3 Å². The molecule has 0 spiro atoms. The number of amides is 1. The molecule has 2 atom stereocenters. The summed E-state index contributed by atoms with van der Waals surface area (Å²) in [6, 6.07) is -0.634. The molecule has 0 aromatic heterocycles. The number of carbonyl (C=O) groups excluding carboxylic acids is 2. The highest BCUT2D eigenvalue weighted by Crippen LogP contribution is 2.18. The molecule has 0 heterocycles. The van der Waals surface area contributed by atoms with Gasteiger partial charge in [0.05, 0.1) is 25.4 Å². The molecule has 1 amide bonds. The summed E-state index contributed by atoms with van der Waals surface area (Å²) in [5.74, 6) is -0.0681. The van der Waals surface area contributed by atoms with Gasteiger partial charge < -0.3 is 20.3 Å². The highest BCUT2D eigenvalue weighted by Gasteiger charge is 2.18. The van der Waals surface area contributed by atoms with E-state index in [0.717, 1.165) is 44.9 Å². The zero-order valence-corrected chi connectivity index (χ0v) is 50.1. The molecule has 6 heteroatoms. The van der Waals surface area contributed by atoms with Gasteiger partial charge in [-0.15, -0.1) is 0 Å². The molecule has 438 valence electrons. The van der Waals surface area contributed by atoms with Gasteiger partial charge in [0.2, 0.25) is 5.91 Å². The first-order valence-electron chi connectivity index (χ1n) is 33.6. The van der Waals surface area contributed by atoms with Crippen molar-refractivity contribution < 1.29 is 24.5 Å². The molecule has 0 saturated carbocycles. The van der Waals surface area contributed by atoms with Crippen LogP contribution in [0, 0.1) is 0 Å². The molecule has 0 saturated heterocycles. The highest BCUT2D eigenvalue weighted by molar-refractivity contribution is 5.76. The third-order valence-electron chi connectivity index (χ3n) is 15.7. The summed E-state index contributed by atoms with van der Waals surface area (Å²) in [6.45, 7) is 4.92. The van der Waals surface area contributed by atoms with E-state index in [9.17, 15) is 19.8 Å². The van der Waals surface area contributed by atoms with Crippen molar-refractivity contribution in [2.75, 3.05) is 13.2 Å². The molecule has 0 aliphatic rings. The second kappa shape index (κ2) is 63.9. The Labute approximate surface area is 462 Å². The van der Waals surface area contributed by atoms with Gasteiger partial charge in [0.1, 0.15) is 0 Å². The van der Waals surface area contributed by atoms with Gasteiger partial charge in [-0.1, -0.05) is 327 Å². The number of unbranched alkanes of at least 4 members (excludes halogenated alkanes) is 50. The van der Waals surface area contributed by atoms with E-state index in [1.54, 1.807) is 6.08 Å². The maximum atomic E-state index is 12.5. The van der Waals surface area contributed by atoms with Gasteiger partial charge in [0.25, 0.3) is 0 Å². The first-order valence-corrected chi connectivity index (χ1v) is 33.6. The predicted molar refractivity (Wildman–Crippen MR) is 324 cm³/mol. The number of aliphatic hydroxyl groups is 2. The lowest BCUT2D eigenvalue weighted by Gasteiger charge is -2.20. The molecule has 0 radical (unpaired) electrons. The van der Waals surface area contributed by atoms with E-state index >= 15 is 0 Å². The predicted octanol–water partition coefficient (Wildman–Crippen LogP) is 21.4. The van der Waals surface area contributed by atoms with Crippen LogP contribution in [0.25, 0.3) is 0 Å². The van der Waals surface area contributed by atoms with Crippen LogP contribution >= 0.6 is 0 Å². The number of allylic oxidation sites excluding steroid dienone is 3. The molecule has 0 aromatic carbocycles. The van der Waals surface area contributed by atoms with Crippen molar-refractivity contribution in [1.82, 2.24) is 5.32 Å². The Morgan fingerprint density at radius 2 is 0.635 bits per heavy atom. The largest absolute Gasteiger partial charge is 0.466 e. The van der Waals surface area contributed by atoms with Crippen LogP contribution in [0.15, 0.2) is 24.3 Å². The summed E-state index contributed by atoms with van der Waals surface area (Å²) in [5.41, 5.74) is 0. The van der Waals surface area contributed by atoms with E-state index in [1.807, 2.05) is 6.08 Å². The molecular formula is C68H131NO5. The average Bonchev–Trinajstić information content (AvgIpc) is 3.40. The third-order valence-corrected chi connectivity index (χ3v) is 15.7. The van der Waals surface area contributed by atoms with E-state index in [4.69, 9.17) is 4.74 Å². The lowest BCUT2D eigenvalue weighted by molar-refractivity contribution is -0.143. The summed E-state index contributed by atoms with van der Waals surface area (Å²) in [7, 11) is 0. The van der Waals surface area contributed by atoms with Crippen LogP contribution in [0.1, 0.15) is 373 Å². The van der Waals surface area contributed by atoms with Crippen molar-refractivity contribution >= 4 is 11.9 Å². The fourth-order valence-corrected chi connectivity index (χ4v) is 10.6. The van der Waals surface area contributed by atoms with Crippen LogP contribution in [-0.2, 0) is 14.3 Å². The summed E-state index contributed by atoms with van der Waals surface area (Å²) in [6.07, 6.45) is 79.4. The normalized spacial score (nSPS) is 12.6. The van der Waals surface area contributed by atoms with Crippen molar-refractivity contribution in [2.24, 2.45) is 0 Å². The standard InChI is InChI=1S/C68H131NO5/c1-3-5-7-9-11-13-15-17-19-21-23-24-25-27-28-32-36-40-44-48-52-56-60-66(71)65(64-70)69-67(72)61-57-53-49-45-41-37-33-30-31-35-39-43-47-51-55-59-63-74-68(73)62-58-54-50-46-42-38-34-29-26-22-20-18-16-14-12-10-8-6-4-2/h18,20,56,60,65-66,70-71H,3-17,19,21-55,57-59,61-64H2,1-2H3,(H,69,72)/b20-18-,60-56+. The maximum Gasteiger partial charge on any atom is 0.305 e. The smallest absolute Gasteiger partial charge is 0.305 e. The summed E-state index contributed by atoms with van der Waals surface area (Å²) in [5, 5.41) is 23.2. The van der Waals surface area contributed by atoms with Crippen LogP contribution < -0.4 is 5.32 Å². The van der Waals surface area contributed by atoms with Crippen molar-refractivity contribution in [3.8, 4) is 0 Å². The maximum absolute atomic E-state index is 12.5. The molecule has 3 N–H and O–H groups in total. The minimum absolute atomic E-state index is 0.00273. The average molecular weight is 1040 g/mol. The van der Waals surface area contributed by atoms with Crippen LogP contribution in [0.5, 0.6) is 0 Å². The second-order valence-electron chi connectivity index (χ2n) is 23.2. The number of esters is 1. The zero-order valence-electron chi connectivity index (χ0n) is 50.1. The molecule has 0 aliphatic carbocycles. The molecule has 0 fully saturated rings. The Morgan fingerprint density at radius 3 is 0.959 bits per heavy atom. The number of rotatable bonds is 63. The molecule has 0 aromatic rings. The summed E-state index contributed by atoms with van der Waals surface area (Å²) < 4.78 is 5.50. The van der Waals surface area contributed by atoms with Crippen LogP contribution in [-0.4, -0.2) is 47.4 Å². The van der Waals surface area contributed by atoms with E-state index in [1.165, 1.54) is 302 Å². The third kappa shape index (κ3) is 59.6. The Hall–Kier alpha value is -1.66. The molecular weight excluding hydrogens is 911 g/mol. The summed E-state index contributed by atoms with van der Waals surface area (Å²) in [4.78, 5) is 24.6. The monoisotopic (exact) mass is 1040 g/mol. The number of nitrogens with one attached hydrogen (secondary N) is 1. The first-order chi connectivity index (χ1) is 36.5. The van der Waals surface area contributed by atoms with Gasteiger partial charge in [-0.2, -0.15) is 0 Å². The van der Waals surface area contributed by atoms with Crippen LogP contribution in [0.4, 0.5) is 0 Å². The van der Waals surface area contributed by atoms with Crippen LogP contribution in [0.3, 0.4) is 0 Å². The number of hydrogen-bond acceptors (Lipinski definition) is 5. The fourth-order valence-electron chi connectivity index (χ4n) is 10.6. The first kappa shape index (κ1) is 72.3. The number of carbonyl (C=O) groups is 2. The van der Waals surface area contributed by atoms with Gasteiger partial charge in [-0.25, -0.2) is 0 Å². The number of aliphatic hydroxyl groups excluding tert-OH is 2. The zero-order chi connectivity index (χ0) is 53.6. The quantitative estimate of drug-likeness (QED) is 0.0320. The fraction of sp³-hybridized carbons (Fsp3) is 0.912. The SMILES string of the molecule is CCCCCCCC/C=C\CCCCCCCCCCCC(=O)OCCCCCCCCCCCCCCCCCCC(=O)NC(CO)C(O)/C=C/CCCCCCCCCCCCCCCCCCCCCC. The van der Waals surface area contributed by atoms with Crippen molar-refractivity contribution in [3.63, 3.8) is 0 Å². The molecule has 0 aliphatic heterocycles. The molecule has 0 bridgehead atoms. The van der Waals surface area contributed by atoms with E-state index < -0.39 is 12.1 Å². The van der Waals surface area contributed by atoms with Gasteiger partial charge in [-0.3, -0.25) is 9.59 Å². The minimum atomic E-state index is -0.850. The molecule has 74 heavy (non-hydrogen) atoms. The van der Waals surface area contributed by atoms with Gasteiger partial charge in [0, 0.05) is 12.8 Å². The molecule has 2 unspecified atom stereocenters. The van der Waals surface area contributed by atoms with Crippen LogP contribution in [0.2, 0.25) is 0 Å². The van der Waals surface area contributed by atoms with Gasteiger partial charge in [0.15, 0.2) is 0 Å². The molecule has 6 nitrogen and oxygen atoms in total. The van der Waals surface area contributed by atoms with E-state index in [-0.39, 0.29) is 18.5 Å². The highest BCUT2D eigenvalue weighted by atomic mass is 16.5. The minimum Gasteiger partial charge on any atom is -0.466 e. The number of hydrogen-bond donors (Lipinski definition) is 3. The van der Waals surface area contributed by atoms with Crippen molar-refractivity contribution in [2.45, 2.75) is 386 Å². The lowest BCUT2D eigenvalue weighted by Crippen LogP contribution is -2.45. The van der Waals surface area contributed by atoms with E-state index in [0.29, 0.717) is 19.4 Å². The van der Waals surface area contributed by atoms with Crippen molar-refractivity contribution in [3.05, 3.63) is 24.3 Å². The molecule has 0 rings (SSSR count).